The zero-order valence-electron chi connectivity index (χ0n) is 13.4. The van der Waals surface area contributed by atoms with E-state index in [2.05, 4.69) is 20.6 Å². The van der Waals surface area contributed by atoms with Gasteiger partial charge in [0.05, 0.1) is 5.69 Å². The Morgan fingerprint density at radius 3 is 2.57 bits per heavy atom. The number of rotatable bonds is 3. The van der Waals surface area contributed by atoms with Crippen molar-refractivity contribution in [1.29, 1.82) is 0 Å². The molecule has 2 heterocycles. The first-order valence-corrected chi connectivity index (χ1v) is 7.48. The maximum Gasteiger partial charge on any atom is 0.224 e. The Hall–Kier alpha value is -2.76. The number of hydrogen-bond acceptors (Lipinski definition) is 4. The first-order chi connectivity index (χ1) is 10.9. The monoisotopic (exact) mass is 309 g/mol. The van der Waals surface area contributed by atoms with Gasteiger partial charge in [0.25, 0.3) is 0 Å². The minimum absolute atomic E-state index is 0.0225. The fourth-order valence-electron chi connectivity index (χ4n) is 2.29. The second-order valence-electron chi connectivity index (χ2n) is 6.72. The Morgan fingerprint density at radius 1 is 1.13 bits per heavy atom. The molecule has 3 aromatic rings. The van der Waals surface area contributed by atoms with Crippen LogP contribution in [0, 0.1) is 5.41 Å². The molecule has 0 radical (unpaired) electrons. The number of nitrogens with one attached hydrogen (secondary N) is 1. The molecule has 0 spiro atoms. The third kappa shape index (κ3) is 3.71. The quantitative estimate of drug-likeness (QED) is 0.806. The fraction of sp³-hybridized carbons (Fsp3) is 0.294. The van der Waals surface area contributed by atoms with E-state index in [0.29, 0.717) is 12.1 Å². The zero-order chi connectivity index (χ0) is 16.4. The highest BCUT2D eigenvalue weighted by Gasteiger charge is 2.15. The van der Waals surface area contributed by atoms with Gasteiger partial charge in [-0.2, -0.15) is 9.61 Å². The summed E-state index contributed by atoms with van der Waals surface area (Å²) in [5.41, 5.74) is 3.26. The molecule has 3 rings (SSSR count). The van der Waals surface area contributed by atoms with Crippen LogP contribution in [-0.4, -0.2) is 25.7 Å². The van der Waals surface area contributed by atoms with E-state index in [1.807, 2.05) is 57.2 Å². The molecule has 0 fully saturated rings. The standard InChI is InChI=1S/C17H19N5O/c1-17(2,3)10-16(23)19-13-6-4-12(5-7-13)14-8-9-15-20-18-11-22(15)21-14/h4-9,11H,10H2,1-3H3,(H,19,23). The zero-order valence-corrected chi connectivity index (χ0v) is 13.4. The van der Waals surface area contributed by atoms with Gasteiger partial charge >= 0.3 is 0 Å². The Morgan fingerprint density at radius 2 is 1.87 bits per heavy atom. The second kappa shape index (κ2) is 5.79. The van der Waals surface area contributed by atoms with E-state index in [1.54, 1.807) is 10.8 Å². The Bertz CT molecular complexity index is 830. The lowest BCUT2D eigenvalue weighted by atomic mass is 9.92. The Labute approximate surface area is 134 Å². The van der Waals surface area contributed by atoms with Crippen LogP contribution < -0.4 is 5.32 Å². The summed E-state index contributed by atoms with van der Waals surface area (Å²) in [7, 11) is 0. The molecule has 1 N–H and O–H groups in total. The van der Waals surface area contributed by atoms with E-state index in [0.717, 1.165) is 16.9 Å². The number of carbonyl (C=O) groups excluding carboxylic acids is 1. The first kappa shape index (κ1) is 15.1. The number of hydrogen-bond donors (Lipinski definition) is 1. The van der Waals surface area contributed by atoms with Crippen LogP contribution in [0.3, 0.4) is 0 Å². The van der Waals surface area contributed by atoms with Crippen molar-refractivity contribution in [3.63, 3.8) is 0 Å². The maximum atomic E-state index is 12.0. The van der Waals surface area contributed by atoms with Crippen LogP contribution in [0.5, 0.6) is 0 Å². The van der Waals surface area contributed by atoms with Crippen LogP contribution >= 0.6 is 0 Å². The van der Waals surface area contributed by atoms with Gasteiger partial charge in [0.2, 0.25) is 5.91 Å². The molecule has 2 aromatic heterocycles. The van der Waals surface area contributed by atoms with Crippen LogP contribution in [-0.2, 0) is 4.79 Å². The van der Waals surface area contributed by atoms with E-state index in [9.17, 15) is 4.79 Å². The molecule has 23 heavy (non-hydrogen) atoms. The lowest BCUT2D eigenvalue weighted by molar-refractivity contribution is -0.117. The van der Waals surface area contributed by atoms with Crippen molar-refractivity contribution >= 4 is 17.2 Å². The highest BCUT2D eigenvalue weighted by molar-refractivity contribution is 5.91. The molecule has 118 valence electrons. The summed E-state index contributed by atoms with van der Waals surface area (Å²) in [6, 6.07) is 11.4. The Balaban J connectivity index is 1.75. The van der Waals surface area contributed by atoms with Crippen molar-refractivity contribution < 1.29 is 4.79 Å². The fourth-order valence-corrected chi connectivity index (χ4v) is 2.29. The third-order valence-electron chi connectivity index (χ3n) is 3.32. The highest BCUT2D eigenvalue weighted by atomic mass is 16.1. The smallest absolute Gasteiger partial charge is 0.224 e. The second-order valence-corrected chi connectivity index (χ2v) is 6.72. The molecule has 0 saturated carbocycles. The topological polar surface area (TPSA) is 72.2 Å². The van der Waals surface area contributed by atoms with Gasteiger partial charge in [-0.1, -0.05) is 32.9 Å². The van der Waals surface area contributed by atoms with Gasteiger partial charge in [-0.3, -0.25) is 4.79 Å². The first-order valence-electron chi connectivity index (χ1n) is 7.48. The van der Waals surface area contributed by atoms with E-state index in [4.69, 9.17) is 0 Å². The summed E-state index contributed by atoms with van der Waals surface area (Å²) in [6.07, 6.45) is 2.06. The third-order valence-corrected chi connectivity index (χ3v) is 3.32. The van der Waals surface area contributed by atoms with Gasteiger partial charge in [-0.15, -0.1) is 10.2 Å². The normalized spacial score (nSPS) is 11.6. The maximum absolute atomic E-state index is 12.0. The SMILES string of the molecule is CC(C)(C)CC(=O)Nc1ccc(-c2ccc3nncn3n2)cc1. The van der Waals surface area contributed by atoms with Crippen LogP contribution in [0.15, 0.2) is 42.7 Å². The van der Waals surface area contributed by atoms with Crippen LogP contribution in [0.4, 0.5) is 5.69 Å². The predicted molar refractivity (Wildman–Crippen MR) is 88.9 cm³/mol. The number of anilines is 1. The number of carbonyl (C=O) groups is 1. The van der Waals surface area contributed by atoms with Crippen molar-refractivity contribution in [3.05, 3.63) is 42.7 Å². The van der Waals surface area contributed by atoms with Gasteiger partial charge in [-0.25, -0.2) is 0 Å². The molecule has 6 heteroatoms. The minimum atomic E-state index is -0.0256. The average molecular weight is 309 g/mol. The number of fused-ring (bicyclic) bond motifs is 1. The molecule has 0 bridgehead atoms. The van der Waals surface area contributed by atoms with Gasteiger partial charge in [0, 0.05) is 17.7 Å². The number of aromatic nitrogens is 4. The number of nitrogens with zero attached hydrogens (tertiary/aromatic N) is 4. The van der Waals surface area contributed by atoms with Crippen molar-refractivity contribution in [3.8, 4) is 11.3 Å². The summed E-state index contributed by atoms with van der Waals surface area (Å²) < 4.78 is 1.63. The molecular formula is C17H19N5O. The molecule has 1 aromatic carbocycles. The minimum Gasteiger partial charge on any atom is -0.326 e. The molecule has 0 aliphatic carbocycles. The van der Waals surface area contributed by atoms with Crippen LogP contribution in [0.1, 0.15) is 27.2 Å². The van der Waals surface area contributed by atoms with Gasteiger partial charge in [0.1, 0.15) is 6.33 Å². The average Bonchev–Trinajstić information content (AvgIpc) is 2.93. The van der Waals surface area contributed by atoms with Crippen molar-refractivity contribution in [2.75, 3.05) is 5.32 Å². The van der Waals surface area contributed by atoms with E-state index in [-0.39, 0.29) is 11.3 Å². The molecule has 0 aliphatic rings. The van der Waals surface area contributed by atoms with Crippen molar-refractivity contribution in [2.45, 2.75) is 27.2 Å². The lowest BCUT2D eigenvalue weighted by Gasteiger charge is -2.17. The molecule has 1 amide bonds. The molecule has 0 aliphatic heterocycles. The number of benzene rings is 1. The molecule has 0 atom stereocenters. The number of amides is 1. The van der Waals surface area contributed by atoms with Crippen LogP contribution in [0.2, 0.25) is 0 Å². The van der Waals surface area contributed by atoms with Crippen molar-refractivity contribution in [2.24, 2.45) is 5.41 Å². The van der Waals surface area contributed by atoms with Crippen molar-refractivity contribution in [1.82, 2.24) is 19.8 Å². The Kier molecular flexibility index (Phi) is 3.82. The highest BCUT2D eigenvalue weighted by Crippen LogP contribution is 2.22. The van der Waals surface area contributed by atoms with Gasteiger partial charge in [0.15, 0.2) is 5.65 Å². The lowest BCUT2D eigenvalue weighted by Crippen LogP contribution is -2.19. The summed E-state index contributed by atoms with van der Waals surface area (Å²) in [6.45, 7) is 6.13. The van der Waals surface area contributed by atoms with E-state index in [1.165, 1.54) is 0 Å². The molecule has 0 saturated heterocycles. The van der Waals surface area contributed by atoms with Gasteiger partial charge < -0.3 is 5.32 Å². The summed E-state index contributed by atoms with van der Waals surface area (Å²) in [5.74, 6) is 0.0225. The molecule has 6 nitrogen and oxygen atoms in total. The molecular weight excluding hydrogens is 290 g/mol. The van der Waals surface area contributed by atoms with Crippen LogP contribution in [0.25, 0.3) is 16.9 Å². The summed E-state index contributed by atoms with van der Waals surface area (Å²) in [5, 5.41) is 15.1. The van der Waals surface area contributed by atoms with Gasteiger partial charge in [-0.05, 0) is 29.7 Å². The summed E-state index contributed by atoms with van der Waals surface area (Å²) >= 11 is 0. The molecule has 0 unspecified atom stereocenters. The predicted octanol–water partition coefficient (Wildman–Crippen LogP) is 3.17. The van der Waals surface area contributed by atoms with E-state index < -0.39 is 0 Å². The van der Waals surface area contributed by atoms with E-state index >= 15 is 0 Å². The largest absolute Gasteiger partial charge is 0.326 e. The summed E-state index contributed by atoms with van der Waals surface area (Å²) in [4.78, 5) is 12.0.